The Labute approximate surface area is 49.2 Å². The van der Waals surface area contributed by atoms with Crippen LogP contribution in [-0.4, -0.2) is 19.8 Å². The molecule has 0 saturated carbocycles. The first kappa shape index (κ1) is 6.01. The Hall–Kier alpha value is -0.120. The van der Waals surface area contributed by atoms with Gasteiger partial charge in [-0.25, -0.2) is 0 Å². The Kier molecular flexibility index (Phi) is 2.27. The summed E-state index contributed by atoms with van der Waals surface area (Å²) >= 11 is 0. The molecule has 1 rings (SSSR count). The van der Waals surface area contributed by atoms with Gasteiger partial charge in [-0.2, -0.15) is 0 Å². The highest BCUT2D eigenvalue weighted by atomic mass is 16.5. The van der Waals surface area contributed by atoms with Crippen molar-refractivity contribution in [2.75, 3.05) is 19.8 Å². The summed E-state index contributed by atoms with van der Waals surface area (Å²) in [7, 11) is 0. The molecule has 0 spiro atoms. The van der Waals surface area contributed by atoms with Crippen LogP contribution in [0.4, 0.5) is 0 Å². The molecule has 0 radical (unpaired) electrons. The van der Waals surface area contributed by atoms with E-state index in [1.165, 1.54) is 0 Å². The molecule has 3 nitrogen and oxygen atoms in total. The van der Waals surface area contributed by atoms with Crippen LogP contribution in [0.15, 0.2) is 0 Å². The van der Waals surface area contributed by atoms with Crippen molar-refractivity contribution in [2.24, 2.45) is 11.8 Å². The van der Waals surface area contributed by atoms with Gasteiger partial charge in [0.25, 0.3) is 0 Å². The van der Waals surface area contributed by atoms with E-state index in [1.54, 1.807) is 0 Å². The van der Waals surface area contributed by atoms with Crippen LogP contribution in [0.25, 0.3) is 0 Å². The zero-order valence-corrected chi connectivity index (χ0v) is 4.89. The molecular formula is C5H12N2O. The Morgan fingerprint density at radius 1 is 1.62 bits per heavy atom. The minimum absolute atomic E-state index is 0.769. The first-order valence-corrected chi connectivity index (χ1v) is 2.94. The molecule has 0 aliphatic carbocycles. The maximum atomic E-state index is 5.06. The van der Waals surface area contributed by atoms with Crippen LogP contribution >= 0.6 is 0 Å². The summed E-state index contributed by atoms with van der Waals surface area (Å²) in [6.07, 6.45) is 1.15. The first-order valence-electron chi connectivity index (χ1n) is 2.94. The van der Waals surface area contributed by atoms with E-state index in [0.717, 1.165) is 32.1 Å². The third-order valence-electron chi connectivity index (χ3n) is 1.40. The lowest BCUT2D eigenvalue weighted by molar-refractivity contribution is -0.0350. The first-order chi connectivity index (χ1) is 3.93. The summed E-state index contributed by atoms with van der Waals surface area (Å²) in [5, 5.41) is 0. The van der Waals surface area contributed by atoms with Crippen LogP contribution in [0.1, 0.15) is 6.42 Å². The van der Waals surface area contributed by atoms with E-state index in [4.69, 9.17) is 10.6 Å². The Morgan fingerprint density at radius 3 is 2.75 bits per heavy atom. The van der Waals surface area contributed by atoms with E-state index in [-0.39, 0.29) is 0 Å². The third-order valence-corrected chi connectivity index (χ3v) is 1.40. The second-order valence-corrected chi connectivity index (χ2v) is 2.15. The van der Waals surface area contributed by atoms with Crippen LogP contribution < -0.4 is 11.3 Å². The molecule has 0 aromatic heterocycles. The molecule has 3 N–H and O–H groups in total. The molecule has 1 aliphatic heterocycles. The van der Waals surface area contributed by atoms with Crippen molar-refractivity contribution in [3.8, 4) is 0 Å². The van der Waals surface area contributed by atoms with E-state index in [2.05, 4.69) is 5.43 Å². The van der Waals surface area contributed by atoms with Crippen molar-refractivity contribution in [3.63, 3.8) is 0 Å². The highest BCUT2D eigenvalue weighted by Crippen LogP contribution is 2.12. The fraction of sp³-hybridized carbons (Fsp3) is 1.00. The molecule has 1 saturated heterocycles. The van der Waals surface area contributed by atoms with Crippen molar-refractivity contribution in [1.82, 2.24) is 5.43 Å². The van der Waals surface area contributed by atoms with Crippen LogP contribution in [0, 0.1) is 5.92 Å². The number of hydrazine groups is 1. The second kappa shape index (κ2) is 3.02. The Bertz CT molecular complexity index is 63.4. The molecule has 0 aromatic carbocycles. The number of nitrogens with one attached hydrogen (secondary N) is 1. The maximum absolute atomic E-state index is 5.06. The standard InChI is InChI=1S/C5H12N2O/c6-7-2-1-5-3-8-4-5/h5,7H,1-4,6H2. The van der Waals surface area contributed by atoms with E-state index in [0.29, 0.717) is 0 Å². The lowest BCUT2D eigenvalue weighted by Gasteiger charge is -2.25. The Morgan fingerprint density at radius 2 is 2.38 bits per heavy atom. The van der Waals surface area contributed by atoms with Gasteiger partial charge in [0.15, 0.2) is 0 Å². The normalized spacial score (nSPS) is 20.6. The van der Waals surface area contributed by atoms with Crippen LogP contribution in [-0.2, 0) is 4.74 Å². The zero-order chi connectivity index (χ0) is 5.82. The maximum Gasteiger partial charge on any atom is 0.0516 e. The topological polar surface area (TPSA) is 47.3 Å². The second-order valence-electron chi connectivity index (χ2n) is 2.15. The summed E-state index contributed by atoms with van der Waals surface area (Å²) in [6.45, 7) is 2.78. The molecule has 0 unspecified atom stereocenters. The van der Waals surface area contributed by atoms with Crippen molar-refractivity contribution in [3.05, 3.63) is 0 Å². The largest absolute Gasteiger partial charge is 0.381 e. The van der Waals surface area contributed by atoms with Gasteiger partial charge in [0.1, 0.15) is 0 Å². The highest BCUT2D eigenvalue weighted by molar-refractivity contribution is 4.65. The monoisotopic (exact) mass is 116 g/mol. The molecule has 1 heterocycles. The van der Waals surface area contributed by atoms with Crippen molar-refractivity contribution < 1.29 is 4.74 Å². The summed E-state index contributed by atoms with van der Waals surface area (Å²) in [5.74, 6) is 5.83. The van der Waals surface area contributed by atoms with E-state index >= 15 is 0 Å². The van der Waals surface area contributed by atoms with E-state index in [1.807, 2.05) is 0 Å². The molecule has 0 aromatic rings. The quantitative estimate of drug-likeness (QED) is 0.385. The lowest BCUT2D eigenvalue weighted by Crippen LogP contribution is -2.32. The van der Waals surface area contributed by atoms with Crippen LogP contribution in [0.3, 0.4) is 0 Å². The average molecular weight is 116 g/mol. The van der Waals surface area contributed by atoms with Crippen molar-refractivity contribution in [1.29, 1.82) is 0 Å². The Balaban J connectivity index is 1.86. The average Bonchev–Trinajstić information content (AvgIpc) is 1.63. The molecule has 0 amide bonds. The smallest absolute Gasteiger partial charge is 0.0516 e. The molecule has 1 aliphatic rings. The molecule has 0 atom stereocenters. The van der Waals surface area contributed by atoms with Gasteiger partial charge in [0, 0.05) is 12.5 Å². The number of rotatable bonds is 3. The number of hydrogen-bond acceptors (Lipinski definition) is 3. The fourth-order valence-electron chi connectivity index (χ4n) is 0.739. The fourth-order valence-corrected chi connectivity index (χ4v) is 0.739. The summed E-state index contributed by atoms with van der Waals surface area (Å²) in [6, 6.07) is 0. The predicted octanol–water partition coefficient (Wildman–Crippen LogP) is -0.514. The minimum Gasteiger partial charge on any atom is -0.381 e. The predicted molar refractivity (Wildman–Crippen MR) is 31.1 cm³/mol. The third kappa shape index (κ3) is 1.43. The number of ether oxygens (including phenoxy) is 1. The van der Waals surface area contributed by atoms with Gasteiger partial charge in [0.05, 0.1) is 13.2 Å². The summed E-state index contributed by atoms with van der Waals surface area (Å²) in [4.78, 5) is 0. The van der Waals surface area contributed by atoms with E-state index in [9.17, 15) is 0 Å². The van der Waals surface area contributed by atoms with Crippen molar-refractivity contribution in [2.45, 2.75) is 6.42 Å². The van der Waals surface area contributed by atoms with Gasteiger partial charge < -0.3 is 4.74 Å². The molecular weight excluding hydrogens is 104 g/mol. The van der Waals surface area contributed by atoms with Gasteiger partial charge in [-0.3, -0.25) is 11.3 Å². The van der Waals surface area contributed by atoms with Crippen molar-refractivity contribution >= 4 is 0 Å². The molecule has 8 heavy (non-hydrogen) atoms. The summed E-state index contributed by atoms with van der Waals surface area (Å²) in [5.41, 5.74) is 2.61. The van der Waals surface area contributed by atoms with Gasteiger partial charge >= 0.3 is 0 Å². The summed E-state index contributed by atoms with van der Waals surface area (Å²) < 4.78 is 4.96. The minimum atomic E-state index is 0.769. The molecule has 48 valence electrons. The lowest BCUT2D eigenvalue weighted by atomic mass is 10.1. The van der Waals surface area contributed by atoms with Gasteiger partial charge in [0.2, 0.25) is 0 Å². The van der Waals surface area contributed by atoms with Crippen LogP contribution in [0.5, 0.6) is 0 Å². The van der Waals surface area contributed by atoms with Gasteiger partial charge in [-0.1, -0.05) is 0 Å². The van der Waals surface area contributed by atoms with E-state index < -0.39 is 0 Å². The number of nitrogens with two attached hydrogens (primary N) is 1. The zero-order valence-electron chi connectivity index (χ0n) is 4.89. The van der Waals surface area contributed by atoms with Crippen LogP contribution in [0.2, 0.25) is 0 Å². The molecule has 1 fully saturated rings. The molecule has 0 bridgehead atoms. The van der Waals surface area contributed by atoms with Gasteiger partial charge in [-0.15, -0.1) is 0 Å². The number of hydrogen-bond donors (Lipinski definition) is 2. The van der Waals surface area contributed by atoms with Gasteiger partial charge in [-0.05, 0) is 6.42 Å². The molecule has 3 heteroatoms. The highest BCUT2D eigenvalue weighted by Gasteiger charge is 2.16. The SMILES string of the molecule is NNCCC1COC1.